The van der Waals surface area contributed by atoms with Crippen LogP contribution in [0.2, 0.25) is 0 Å². The number of carbonyl (C=O) groups is 3. The molecule has 1 aromatic rings. The zero-order valence-corrected chi connectivity index (χ0v) is 11.5. The van der Waals surface area contributed by atoms with Crippen molar-refractivity contribution in [1.82, 2.24) is 0 Å². The van der Waals surface area contributed by atoms with Crippen LogP contribution in [0.5, 0.6) is 0 Å². The first kappa shape index (κ1) is 16.8. The zero-order chi connectivity index (χ0) is 14.8. The summed E-state index contributed by atoms with van der Waals surface area (Å²) in [5.41, 5.74) is 0.628. The molecule has 0 atom stereocenters. The molecule has 0 unspecified atom stereocenters. The lowest BCUT2D eigenvalue weighted by atomic mass is 10.2. The molecule has 0 bridgehead atoms. The van der Waals surface area contributed by atoms with E-state index in [2.05, 4.69) is 0 Å². The van der Waals surface area contributed by atoms with Gasteiger partial charge in [0.05, 0.1) is 0 Å². The maximum Gasteiger partial charge on any atom is 0.305 e. The molecule has 0 aliphatic rings. The van der Waals surface area contributed by atoms with Crippen LogP contribution >= 0.6 is 0 Å². The van der Waals surface area contributed by atoms with Gasteiger partial charge in [0.1, 0.15) is 5.78 Å². The van der Waals surface area contributed by atoms with E-state index in [1.54, 1.807) is 24.3 Å². The minimum absolute atomic E-state index is 0.167. The quantitative estimate of drug-likeness (QED) is 0.620. The third kappa shape index (κ3) is 9.52. The van der Waals surface area contributed by atoms with E-state index in [1.807, 2.05) is 6.07 Å². The van der Waals surface area contributed by atoms with Crippen LogP contribution in [0.15, 0.2) is 30.3 Å². The zero-order valence-electron chi connectivity index (χ0n) is 11.5. The summed E-state index contributed by atoms with van der Waals surface area (Å²) < 4.78 is 9.73. The molecule has 0 saturated heterocycles. The van der Waals surface area contributed by atoms with Gasteiger partial charge in [0, 0.05) is 19.4 Å². The maximum absolute atomic E-state index is 10.8. The molecule has 0 radical (unpaired) electrons. The van der Waals surface area contributed by atoms with Gasteiger partial charge < -0.3 is 14.3 Å². The van der Waals surface area contributed by atoms with Gasteiger partial charge in [-0.25, -0.2) is 0 Å². The van der Waals surface area contributed by atoms with Crippen molar-refractivity contribution in [2.75, 3.05) is 0 Å². The third-order valence-corrected chi connectivity index (χ3v) is 1.62. The van der Waals surface area contributed by atoms with Gasteiger partial charge in [0.15, 0.2) is 0 Å². The molecule has 1 aromatic carbocycles. The first-order valence-corrected chi connectivity index (χ1v) is 5.69. The largest absolute Gasteiger partial charge is 0.421 e. The molecule has 0 heterocycles. The molecule has 0 fully saturated rings. The summed E-state index contributed by atoms with van der Waals surface area (Å²) in [6.45, 7) is 5.58. The first-order chi connectivity index (χ1) is 8.82. The number of ketones is 1. The Morgan fingerprint density at radius 2 is 1.21 bits per heavy atom. The van der Waals surface area contributed by atoms with E-state index >= 15 is 0 Å². The second kappa shape index (κ2) is 8.85. The monoisotopic (exact) mass is 266 g/mol. The Kier molecular flexibility index (Phi) is 7.84. The normalized spacial score (nSPS) is 9.11. The van der Waals surface area contributed by atoms with Crippen LogP contribution in [-0.4, -0.2) is 17.7 Å². The van der Waals surface area contributed by atoms with E-state index < -0.39 is 18.2 Å². The lowest BCUT2D eigenvalue weighted by molar-refractivity contribution is -0.186. The minimum atomic E-state index is -0.957. The number of esters is 2. The molecule has 19 heavy (non-hydrogen) atoms. The molecule has 0 aliphatic carbocycles. The van der Waals surface area contributed by atoms with Gasteiger partial charge in [-0.05, 0) is 13.8 Å². The summed E-state index contributed by atoms with van der Waals surface area (Å²) in [4.78, 5) is 31.0. The van der Waals surface area contributed by atoms with Crippen molar-refractivity contribution >= 4 is 17.7 Å². The van der Waals surface area contributed by atoms with E-state index in [0.29, 0.717) is 5.56 Å². The minimum Gasteiger partial charge on any atom is -0.421 e. The molecule has 0 amide bonds. The van der Waals surface area contributed by atoms with Gasteiger partial charge in [-0.1, -0.05) is 30.3 Å². The van der Waals surface area contributed by atoms with Crippen LogP contribution < -0.4 is 0 Å². The topological polar surface area (TPSA) is 69.7 Å². The maximum atomic E-state index is 10.8. The Morgan fingerprint density at radius 3 is 1.53 bits per heavy atom. The summed E-state index contributed by atoms with van der Waals surface area (Å²) in [5.74, 6) is -0.824. The second-order valence-corrected chi connectivity index (χ2v) is 3.87. The fourth-order valence-corrected chi connectivity index (χ4v) is 1.07. The number of hydrogen-bond acceptors (Lipinski definition) is 5. The molecule has 5 nitrogen and oxygen atoms in total. The highest BCUT2D eigenvalue weighted by Gasteiger charge is 2.16. The Balaban J connectivity index is 0.000000711. The predicted molar refractivity (Wildman–Crippen MR) is 69.1 cm³/mol. The molecule has 0 aliphatic heterocycles. The Bertz CT molecular complexity index is 405. The SMILES string of the molecule is CC(=O)OC(OC(C)=O)c1ccccc1.CC(C)=O. The van der Waals surface area contributed by atoms with Crippen LogP contribution in [0.25, 0.3) is 0 Å². The average Bonchev–Trinajstić information content (AvgIpc) is 2.27. The summed E-state index contributed by atoms with van der Waals surface area (Å²) in [5, 5.41) is 0. The molecule has 0 aromatic heterocycles. The molecule has 0 N–H and O–H groups in total. The fourth-order valence-electron chi connectivity index (χ4n) is 1.07. The highest BCUT2D eigenvalue weighted by Crippen LogP contribution is 2.18. The lowest BCUT2D eigenvalue weighted by Gasteiger charge is -2.16. The smallest absolute Gasteiger partial charge is 0.305 e. The van der Waals surface area contributed by atoms with Crippen LogP contribution in [0.3, 0.4) is 0 Å². The van der Waals surface area contributed by atoms with Crippen molar-refractivity contribution in [3.05, 3.63) is 35.9 Å². The molecule has 5 heteroatoms. The van der Waals surface area contributed by atoms with Gasteiger partial charge >= 0.3 is 11.9 Å². The Labute approximate surface area is 112 Å². The summed E-state index contributed by atoms with van der Waals surface area (Å²) >= 11 is 0. The number of Topliss-reactive ketones (excluding diaryl/α,β-unsaturated/α-hetero) is 1. The van der Waals surface area contributed by atoms with E-state index in [-0.39, 0.29) is 5.78 Å². The average molecular weight is 266 g/mol. The second-order valence-electron chi connectivity index (χ2n) is 3.87. The van der Waals surface area contributed by atoms with E-state index in [1.165, 1.54) is 27.7 Å². The third-order valence-electron chi connectivity index (χ3n) is 1.62. The number of carbonyl (C=O) groups excluding carboxylic acids is 3. The van der Waals surface area contributed by atoms with Crippen molar-refractivity contribution in [1.29, 1.82) is 0 Å². The standard InChI is InChI=1S/C11H12O4.C3H6O/c1-8(12)14-11(15-9(2)13)10-6-4-3-5-7-10;1-3(2)4/h3-7,11H,1-2H3;1-2H3. The Morgan fingerprint density at radius 1 is 0.842 bits per heavy atom. The molecule has 0 spiro atoms. The van der Waals surface area contributed by atoms with Crippen LogP contribution in [0, 0.1) is 0 Å². The van der Waals surface area contributed by atoms with Gasteiger partial charge in [-0.2, -0.15) is 0 Å². The predicted octanol–water partition coefficient (Wildman–Crippen LogP) is 2.41. The van der Waals surface area contributed by atoms with E-state index in [0.717, 1.165) is 0 Å². The Hall–Kier alpha value is -2.17. The lowest BCUT2D eigenvalue weighted by Crippen LogP contribution is -2.14. The highest BCUT2D eigenvalue weighted by atomic mass is 16.7. The number of rotatable bonds is 3. The van der Waals surface area contributed by atoms with Gasteiger partial charge in [-0.15, -0.1) is 0 Å². The summed E-state index contributed by atoms with van der Waals surface area (Å²) in [7, 11) is 0. The number of ether oxygens (including phenoxy) is 2. The van der Waals surface area contributed by atoms with Crippen LogP contribution in [-0.2, 0) is 23.9 Å². The van der Waals surface area contributed by atoms with Crippen molar-refractivity contribution in [2.45, 2.75) is 34.0 Å². The van der Waals surface area contributed by atoms with Crippen molar-refractivity contribution in [3.8, 4) is 0 Å². The summed E-state index contributed by atoms with van der Waals surface area (Å²) in [6.07, 6.45) is -0.957. The molecule has 104 valence electrons. The van der Waals surface area contributed by atoms with Crippen LogP contribution in [0.4, 0.5) is 0 Å². The first-order valence-electron chi connectivity index (χ1n) is 5.69. The van der Waals surface area contributed by atoms with E-state index in [4.69, 9.17) is 9.47 Å². The fraction of sp³-hybridized carbons (Fsp3) is 0.357. The van der Waals surface area contributed by atoms with Gasteiger partial charge in [0.25, 0.3) is 6.29 Å². The molecular formula is C14H18O5. The van der Waals surface area contributed by atoms with Crippen molar-refractivity contribution < 1.29 is 23.9 Å². The van der Waals surface area contributed by atoms with Gasteiger partial charge in [-0.3, -0.25) is 9.59 Å². The number of hydrogen-bond donors (Lipinski definition) is 0. The van der Waals surface area contributed by atoms with Crippen molar-refractivity contribution in [2.24, 2.45) is 0 Å². The molecular weight excluding hydrogens is 248 g/mol. The highest BCUT2D eigenvalue weighted by molar-refractivity contribution is 5.72. The van der Waals surface area contributed by atoms with E-state index in [9.17, 15) is 14.4 Å². The van der Waals surface area contributed by atoms with Gasteiger partial charge in [0.2, 0.25) is 0 Å². The number of benzene rings is 1. The molecule has 0 saturated carbocycles. The van der Waals surface area contributed by atoms with Crippen molar-refractivity contribution in [3.63, 3.8) is 0 Å². The van der Waals surface area contributed by atoms with Crippen LogP contribution in [0.1, 0.15) is 39.5 Å². The molecule has 1 rings (SSSR count). The summed E-state index contributed by atoms with van der Waals surface area (Å²) in [6, 6.07) is 8.81.